The standard InChI is InChI=1S/C39H44ClN3O5S/c1-3-48-35-21-19-34(20-22-35)43(49(46,47)36-23-17-32(40)18-24-36)28-38(44)42(27-31-14-10-11-29(2)25-31)37(26-30-12-6-4-7-13-30)39(45)41-33-15-8-5-9-16-33/h4,6-7,10-14,17-25,33,37H,3,5,8-9,15-16,26-28H2,1-2H3,(H,41,45)/t37-/m1/s1. The van der Waals surface area contributed by atoms with Gasteiger partial charge >= 0.3 is 0 Å². The fraction of sp³-hybridized carbons (Fsp3) is 0.333. The Hall–Kier alpha value is -4.34. The molecule has 0 aromatic heterocycles. The highest BCUT2D eigenvalue weighted by Gasteiger charge is 2.35. The van der Waals surface area contributed by atoms with Gasteiger partial charge in [0, 0.05) is 24.0 Å². The van der Waals surface area contributed by atoms with Crippen LogP contribution in [0.3, 0.4) is 0 Å². The Balaban J connectivity index is 1.56. The number of rotatable bonds is 14. The minimum absolute atomic E-state index is 0.0142. The zero-order valence-electron chi connectivity index (χ0n) is 28.1. The van der Waals surface area contributed by atoms with Gasteiger partial charge in [-0.05, 0) is 86.3 Å². The van der Waals surface area contributed by atoms with Crippen LogP contribution in [0.25, 0.3) is 0 Å². The number of nitrogens with one attached hydrogen (secondary N) is 1. The number of benzene rings is 4. The first-order valence-corrected chi connectivity index (χ1v) is 18.7. The molecule has 0 aliphatic heterocycles. The summed E-state index contributed by atoms with van der Waals surface area (Å²) in [5.74, 6) is -0.178. The summed E-state index contributed by atoms with van der Waals surface area (Å²) < 4.78 is 35.2. The van der Waals surface area contributed by atoms with E-state index in [2.05, 4.69) is 5.32 Å². The number of aryl methyl sites for hydroxylation is 1. The molecule has 1 aliphatic carbocycles. The lowest BCUT2D eigenvalue weighted by atomic mass is 9.94. The fourth-order valence-electron chi connectivity index (χ4n) is 6.24. The number of anilines is 1. The van der Waals surface area contributed by atoms with Crippen molar-refractivity contribution in [2.75, 3.05) is 17.5 Å². The molecule has 0 unspecified atom stereocenters. The highest BCUT2D eigenvalue weighted by molar-refractivity contribution is 7.92. The first kappa shape index (κ1) is 36.0. The smallest absolute Gasteiger partial charge is 0.264 e. The topological polar surface area (TPSA) is 96.0 Å². The van der Waals surface area contributed by atoms with E-state index < -0.39 is 28.5 Å². The lowest BCUT2D eigenvalue weighted by Gasteiger charge is -2.35. The highest BCUT2D eigenvalue weighted by Crippen LogP contribution is 2.28. The van der Waals surface area contributed by atoms with E-state index in [4.69, 9.17) is 16.3 Å². The SMILES string of the molecule is CCOc1ccc(N(CC(=O)N(Cc2cccc(C)c2)[C@H](Cc2ccccc2)C(=O)NC2CCCCC2)S(=O)(=O)c2ccc(Cl)cc2)cc1. The summed E-state index contributed by atoms with van der Waals surface area (Å²) in [7, 11) is -4.25. The van der Waals surface area contributed by atoms with Crippen LogP contribution in [0.1, 0.15) is 55.7 Å². The maximum atomic E-state index is 14.7. The molecule has 8 nitrogen and oxygen atoms in total. The van der Waals surface area contributed by atoms with Crippen LogP contribution in [0, 0.1) is 6.92 Å². The molecule has 0 bridgehead atoms. The van der Waals surface area contributed by atoms with Gasteiger partial charge < -0.3 is 15.0 Å². The van der Waals surface area contributed by atoms with Crippen LogP contribution in [0.15, 0.2) is 108 Å². The summed E-state index contributed by atoms with van der Waals surface area (Å²) in [6.07, 6.45) is 5.27. The van der Waals surface area contributed by atoms with E-state index in [1.54, 1.807) is 29.2 Å². The number of hydrogen-bond donors (Lipinski definition) is 1. The van der Waals surface area contributed by atoms with E-state index in [1.807, 2.05) is 68.4 Å². The Morgan fingerprint density at radius 2 is 1.55 bits per heavy atom. The molecule has 0 heterocycles. The number of hydrogen-bond acceptors (Lipinski definition) is 5. The minimum Gasteiger partial charge on any atom is -0.494 e. The molecule has 0 spiro atoms. The van der Waals surface area contributed by atoms with Crippen LogP contribution < -0.4 is 14.4 Å². The summed E-state index contributed by atoms with van der Waals surface area (Å²) in [4.78, 5) is 30.5. The predicted octanol–water partition coefficient (Wildman–Crippen LogP) is 7.33. The highest BCUT2D eigenvalue weighted by atomic mass is 35.5. The molecule has 0 saturated heterocycles. The van der Waals surface area contributed by atoms with Crippen LogP contribution in [-0.2, 0) is 32.6 Å². The summed E-state index contributed by atoms with van der Waals surface area (Å²) >= 11 is 6.10. The van der Waals surface area contributed by atoms with Crippen molar-refractivity contribution < 1.29 is 22.7 Å². The molecular weight excluding hydrogens is 658 g/mol. The van der Waals surface area contributed by atoms with Gasteiger partial charge in [0.1, 0.15) is 18.3 Å². The van der Waals surface area contributed by atoms with Gasteiger partial charge in [0.2, 0.25) is 11.8 Å². The van der Waals surface area contributed by atoms with E-state index in [9.17, 15) is 18.0 Å². The minimum atomic E-state index is -4.25. The molecule has 49 heavy (non-hydrogen) atoms. The Morgan fingerprint density at radius 1 is 0.878 bits per heavy atom. The quantitative estimate of drug-likeness (QED) is 0.149. The van der Waals surface area contributed by atoms with Gasteiger partial charge in [-0.3, -0.25) is 13.9 Å². The molecular formula is C39H44ClN3O5S. The Kier molecular flexibility index (Phi) is 12.4. The second-order valence-corrected chi connectivity index (χ2v) is 14.8. The van der Waals surface area contributed by atoms with E-state index in [-0.39, 0.29) is 35.5 Å². The fourth-order valence-corrected chi connectivity index (χ4v) is 7.78. The first-order chi connectivity index (χ1) is 23.6. The van der Waals surface area contributed by atoms with Crippen LogP contribution in [-0.4, -0.2) is 50.4 Å². The maximum Gasteiger partial charge on any atom is 0.264 e. The van der Waals surface area contributed by atoms with Gasteiger partial charge in [0.05, 0.1) is 17.2 Å². The van der Waals surface area contributed by atoms with Crippen molar-refractivity contribution in [3.8, 4) is 5.75 Å². The number of carbonyl (C=O) groups excluding carboxylic acids is 2. The zero-order valence-corrected chi connectivity index (χ0v) is 29.6. The summed E-state index contributed by atoms with van der Waals surface area (Å²) in [6.45, 7) is 3.87. The Labute approximate surface area is 295 Å². The lowest BCUT2D eigenvalue weighted by molar-refractivity contribution is -0.140. The third-order valence-electron chi connectivity index (χ3n) is 8.77. The molecule has 1 fully saturated rings. The van der Waals surface area contributed by atoms with Gasteiger partial charge in [-0.25, -0.2) is 8.42 Å². The van der Waals surface area contributed by atoms with Crippen LogP contribution in [0.4, 0.5) is 5.69 Å². The van der Waals surface area contributed by atoms with E-state index >= 15 is 0 Å². The first-order valence-electron chi connectivity index (χ1n) is 16.8. The average Bonchev–Trinajstić information content (AvgIpc) is 3.10. The van der Waals surface area contributed by atoms with E-state index in [1.165, 1.54) is 24.3 Å². The molecule has 1 N–H and O–H groups in total. The van der Waals surface area contributed by atoms with Gasteiger partial charge in [0.25, 0.3) is 10.0 Å². The summed E-state index contributed by atoms with van der Waals surface area (Å²) in [5.41, 5.74) is 3.03. The predicted molar refractivity (Wildman–Crippen MR) is 194 cm³/mol. The molecule has 4 aromatic rings. The van der Waals surface area contributed by atoms with Crippen LogP contribution in [0.2, 0.25) is 5.02 Å². The molecule has 0 radical (unpaired) electrons. The van der Waals surface area contributed by atoms with E-state index in [0.717, 1.165) is 53.1 Å². The van der Waals surface area contributed by atoms with Crippen LogP contribution >= 0.6 is 11.6 Å². The molecule has 5 rings (SSSR count). The molecule has 4 aromatic carbocycles. The molecule has 10 heteroatoms. The maximum absolute atomic E-state index is 14.7. The largest absolute Gasteiger partial charge is 0.494 e. The van der Waals surface area contributed by atoms with Crippen LogP contribution in [0.5, 0.6) is 5.75 Å². The molecule has 1 atom stereocenters. The second kappa shape index (κ2) is 16.9. The monoisotopic (exact) mass is 701 g/mol. The van der Waals surface area contributed by atoms with Gasteiger partial charge in [0.15, 0.2) is 0 Å². The average molecular weight is 702 g/mol. The van der Waals surface area contributed by atoms with Crippen molar-refractivity contribution in [3.63, 3.8) is 0 Å². The molecule has 1 aliphatic rings. The van der Waals surface area contributed by atoms with Crippen molar-refractivity contribution in [2.24, 2.45) is 0 Å². The number of ether oxygens (including phenoxy) is 1. The van der Waals surface area contributed by atoms with Crippen molar-refractivity contribution in [2.45, 2.75) is 75.9 Å². The number of nitrogens with zero attached hydrogens (tertiary/aromatic N) is 2. The van der Waals surface area contributed by atoms with Gasteiger partial charge in [-0.15, -0.1) is 0 Å². The summed E-state index contributed by atoms with van der Waals surface area (Å²) in [6, 6.07) is 29.0. The second-order valence-electron chi connectivity index (χ2n) is 12.5. The molecule has 258 valence electrons. The number of carbonyl (C=O) groups is 2. The number of amides is 2. The van der Waals surface area contributed by atoms with Crippen molar-refractivity contribution in [1.29, 1.82) is 0 Å². The molecule has 1 saturated carbocycles. The third-order valence-corrected chi connectivity index (χ3v) is 10.8. The van der Waals surface area contributed by atoms with Gasteiger partial charge in [-0.1, -0.05) is 91.0 Å². The Morgan fingerprint density at radius 3 is 2.20 bits per heavy atom. The van der Waals surface area contributed by atoms with Gasteiger partial charge in [-0.2, -0.15) is 0 Å². The van der Waals surface area contributed by atoms with Crippen molar-refractivity contribution >= 4 is 39.1 Å². The van der Waals surface area contributed by atoms with Crippen molar-refractivity contribution in [3.05, 3.63) is 125 Å². The Bertz CT molecular complexity index is 1790. The van der Waals surface area contributed by atoms with E-state index in [0.29, 0.717) is 17.4 Å². The van der Waals surface area contributed by atoms with Crippen molar-refractivity contribution in [1.82, 2.24) is 10.2 Å². The number of halogens is 1. The number of sulfonamides is 1. The zero-order chi connectivity index (χ0) is 34.8. The summed E-state index contributed by atoms with van der Waals surface area (Å²) in [5, 5.41) is 3.63. The molecule has 2 amide bonds. The normalized spacial score (nSPS) is 14.1. The lowest BCUT2D eigenvalue weighted by Crippen LogP contribution is -2.55. The third kappa shape index (κ3) is 9.64.